The number of hydrogen-bond acceptors (Lipinski definition) is 5. The Hall–Kier alpha value is -3.30. The van der Waals surface area contributed by atoms with Gasteiger partial charge in [-0.15, -0.1) is 0 Å². The number of aliphatic hydroxyl groups is 1. The van der Waals surface area contributed by atoms with Gasteiger partial charge in [0.05, 0.1) is 17.0 Å². The molecular weight excluding hydrogens is 521 g/mol. The molecule has 5 aliphatic rings. The molecule has 6 nitrogen and oxygen atoms in total. The highest BCUT2D eigenvalue weighted by molar-refractivity contribution is 5.92. The van der Waals surface area contributed by atoms with Crippen LogP contribution in [-0.2, 0) is 22.8 Å². The monoisotopic (exact) mass is 552 g/mol. The maximum Gasteiger partial charge on any atom is 0.416 e. The van der Waals surface area contributed by atoms with E-state index in [-0.39, 0.29) is 17.4 Å². The Morgan fingerprint density at radius 3 is 2.80 bits per heavy atom. The zero-order valence-electron chi connectivity index (χ0n) is 22.1. The summed E-state index contributed by atoms with van der Waals surface area (Å²) in [7, 11) is 1.63. The van der Waals surface area contributed by atoms with Crippen LogP contribution in [0.2, 0.25) is 0 Å². The fourth-order valence-corrected chi connectivity index (χ4v) is 7.60. The van der Waals surface area contributed by atoms with E-state index in [4.69, 9.17) is 4.74 Å². The molecule has 1 amide bonds. The average molecular weight is 553 g/mol. The Labute approximate surface area is 230 Å². The van der Waals surface area contributed by atoms with E-state index in [0.717, 1.165) is 36.3 Å². The number of carbonyl (C=O) groups is 1. The molecule has 2 heterocycles. The molecule has 40 heavy (non-hydrogen) atoms. The number of ether oxygens (including phenoxy) is 1. The van der Waals surface area contributed by atoms with Gasteiger partial charge in [0.2, 0.25) is 5.91 Å². The highest BCUT2D eigenvalue weighted by atomic mass is 19.4. The molecule has 1 spiro atoms. The number of halogens is 3. The van der Waals surface area contributed by atoms with Crippen molar-refractivity contribution in [1.29, 1.82) is 0 Å². The van der Waals surface area contributed by atoms with Crippen LogP contribution in [0.5, 0.6) is 11.5 Å². The number of alkyl halides is 3. The second-order valence-corrected chi connectivity index (χ2v) is 11.9. The summed E-state index contributed by atoms with van der Waals surface area (Å²) in [6.07, 6.45) is 4.87. The van der Waals surface area contributed by atoms with Crippen LogP contribution < -0.4 is 4.74 Å². The Balaban J connectivity index is 1.23. The smallest absolute Gasteiger partial charge is 0.416 e. The number of phenolic OH excluding ortho intramolecular Hbond substituents is 1. The molecule has 7 rings (SSSR count). The Morgan fingerprint density at radius 1 is 1.25 bits per heavy atom. The molecule has 2 bridgehead atoms. The highest BCUT2D eigenvalue weighted by Gasteiger charge is 2.72. The number of rotatable bonds is 5. The van der Waals surface area contributed by atoms with Crippen molar-refractivity contribution in [2.24, 2.45) is 5.92 Å². The Morgan fingerprint density at radius 2 is 2.05 bits per heavy atom. The number of amides is 1. The number of benzene rings is 2. The van der Waals surface area contributed by atoms with Crippen molar-refractivity contribution >= 4 is 12.0 Å². The van der Waals surface area contributed by atoms with Crippen LogP contribution in [0.1, 0.15) is 41.5 Å². The Bertz CT molecular complexity index is 1450. The second-order valence-electron chi connectivity index (χ2n) is 11.9. The van der Waals surface area contributed by atoms with Gasteiger partial charge >= 0.3 is 6.18 Å². The minimum Gasteiger partial charge on any atom is -0.504 e. The zero-order chi connectivity index (χ0) is 28.0. The second kappa shape index (κ2) is 8.60. The van der Waals surface area contributed by atoms with Crippen LogP contribution in [-0.4, -0.2) is 69.8 Å². The number of aromatic hydroxyl groups is 1. The molecule has 2 aliphatic heterocycles. The first-order chi connectivity index (χ1) is 19.0. The molecule has 0 radical (unpaired) electrons. The molecule has 0 unspecified atom stereocenters. The lowest BCUT2D eigenvalue weighted by atomic mass is 9.50. The van der Waals surface area contributed by atoms with Gasteiger partial charge in [-0.1, -0.05) is 30.4 Å². The first kappa shape index (κ1) is 25.7. The van der Waals surface area contributed by atoms with E-state index in [1.54, 1.807) is 13.1 Å². The van der Waals surface area contributed by atoms with Gasteiger partial charge < -0.3 is 19.8 Å². The summed E-state index contributed by atoms with van der Waals surface area (Å²) in [5.41, 5.74) is -0.684. The van der Waals surface area contributed by atoms with Crippen LogP contribution in [0, 0.1) is 5.92 Å². The summed E-state index contributed by atoms with van der Waals surface area (Å²) >= 11 is 0. The maximum atomic E-state index is 13.3. The van der Waals surface area contributed by atoms with Crippen LogP contribution in [0.25, 0.3) is 6.08 Å². The van der Waals surface area contributed by atoms with E-state index in [9.17, 15) is 28.2 Å². The highest BCUT2D eigenvalue weighted by Crippen LogP contribution is 2.64. The van der Waals surface area contributed by atoms with Gasteiger partial charge in [0.25, 0.3) is 0 Å². The molecule has 9 heteroatoms. The summed E-state index contributed by atoms with van der Waals surface area (Å²) in [6, 6.07) is 7.67. The van der Waals surface area contributed by atoms with Crippen LogP contribution >= 0.6 is 0 Å². The third-order valence-corrected chi connectivity index (χ3v) is 9.74. The Kier molecular flexibility index (Phi) is 5.52. The summed E-state index contributed by atoms with van der Waals surface area (Å²) in [5.74, 6) is 0.652. The maximum absolute atomic E-state index is 13.3. The normalized spacial score (nSPS) is 32.2. The van der Waals surface area contributed by atoms with E-state index in [2.05, 4.69) is 4.90 Å². The summed E-state index contributed by atoms with van der Waals surface area (Å²) in [6.45, 7) is 1.73. The lowest BCUT2D eigenvalue weighted by Gasteiger charge is -2.62. The van der Waals surface area contributed by atoms with Crippen molar-refractivity contribution in [3.8, 4) is 11.5 Å². The van der Waals surface area contributed by atoms with Gasteiger partial charge in [-0.2, -0.15) is 13.2 Å². The fourth-order valence-electron chi connectivity index (χ4n) is 7.60. The van der Waals surface area contributed by atoms with E-state index in [1.165, 1.54) is 42.0 Å². The summed E-state index contributed by atoms with van der Waals surface area (Å²) in [4.78, 5) is 17.2. The van der Waals surface area contributed by atoms with Crippen LogP contribution in [0.15, 0.2) is 54.6 Å². The number of nitrogens with zero attached hydrogens (tertiary/aromatic N) is 2. The lowest BCUT2D eigenvalue weighted by molar-refractivity contribution is -0.154. The number of carbonyl (C=O) groups excluding carboxylic acids is 1. The molecule has 2 aromatic carbocycles. The first-order valence-electron chi connectivity index (χ1n) is 13.8. The molecule has 1 saturated heterocycles. The van der Waals surface area contributed by atoms with Gasteiger partial charge in [-0.3, -0.25) is 9.69 Å². The van der Waals surface area contributed by atoms with Gasteiger partial charge in [-0.05, 0) is 73.5 Å². The number of phenols is 1. The van der Waals surface area contributed by atoms with Crippen molar-refractivity contribution < 1.29 is 32.9 Å². The molecule has 3 aliphatic carbocycles. The van der Waals surface area contributed by atoms with Gasteiger partial charge in [0.15, 0.2) is 11.5 Å². The number of likely N-dealkylation sites (N-methyl/N-ethyl adjacent to an activating group) is 1. The molecule has 2 N–H and O–H groups in total. The van der Waals surface area contributed by atoms with E-state index < -0.39 is 40.8 Å². The zero-order valence-corrected chi connectivity index (χ0v) is 22.1. The number of likely N-dealkylation sites (tertiary alicyclic amines) is 1. The number of piperidine rings is 1. The van der Waals surface area contributed by atoms with Crippen molar-refractivity contribution in [3.63, 3.8) is 0 Å². The van der Waals surface area contributed by atoms with E-state index in [1.807, 2.05) is 18.2 Å². The lowest BCUT2D eigenvalue weighted by Crippen LogP contribution is -2.76. The molecule has 1 saturated carbocycles. The number of hydrogen-bond donors (Lipinski definition) is 2. The van der Waals surface area contributed by atoms with Crippen molar-refractivity contribution in [3.05, 3.63) is 76.9 Å². The van der Waals surface area contributed by atoms with Crippen LogP contribution in [0.3, 0.4) is 0 Å². The minimum absolute atomic E-state index is 0.0147. The summed E-state index contributed by atoms with van der Waals surface area (Å²) in [5, 5.41) is 23.3. The topological polar surface area (TPSA) is 73.2 Å². The van der Waals surface area contributed by atoms with Crippen LogP contribution in [0.4, 0.5) is 13.2 Å². The predicted octanol–water partition coefficient (Wildman–Crippen LogP) is 4.29. The first-order valence-corrected chi connectivity index (χ1v) is 13.8. The van der Waals surface area contributed by atoms with Crippen molar-refractivity contribution in [1.82, 2.24) is 9.80 Å². The van der Waals surface area contributed by atoms with E-state index >= 15 is 0 Å². The molecule has 210 valence electrons. The molecular formula is C31H31F3N2O4. The SMILES string of the molecule is CN(C(=O)C=Cc1cccc(C(F)(F)F)c1)[C@@H]1C=C[C@@]2(O)[C@H]3Cc4ccc(O)c5c4[C@@]2(CCN3CC2CC2)[C@H]1O5. The largest absolute Gasteiger partial charge is 0.504 e. The van der Waals surface area contributed by atoms with Crippen molar-refractivity contribution in [2.75, 3.05) is 20.1 Å². The van der Waals surface area contributed by atoms with Crippen molar-refractivity contribution in [2.45, 2.75) is 61.1 Å². The fraction of sp³-hybridized carbons (Fsp3) is 0.452. The van der Waals surface area contributed by atoms with Gasteiger partial charge in [-0.25, -0.2) is 0 Å². The van der Waals surface area contributed by atoms with Gasteiger partial charge in [0, 0.05) is 31.3 Å². The minimum atomic E-state index is -4.47. The quantitative estimate of drug-likeness (QED) is 0.428. The summed E-state index contributed by atoms with van der Waals surface area (Å²) < 4.78 is 45.9. The molecule has 0 aromatic heterocycles. The average Bonchev–Trinajstić information content (AvgIpc) is 3.66. The van der Waals surface area contributed by atoms with E-state index in [0.29, 0.717) is 24.5 Å². The molecule has 2 aromatic rings. The third-order valence-electron chi connectivity index (χ3n) is 9.74. The molecule has 5 atom stereocenters. The standard InChI is InChI=1S/C31H31F3N2O4/c1-35(25(38)10-7-18-3-2-4-21(15-18)31(32,33)34)22-11-12-30(39)24-16-20-8-9-23(37)27-26(20)29(30,28(22)40-27)13-14-36(24)17-19-5-6-19/h2-4,7-12,15,19,22,24,28,37,39H,5-6,13-14,16-17H2,1H3/t22-,24-,28+,29+,30-/m1/s1. The molecule has 2 fully saturated rings. The predicted molar refractivity (Wildman–Crippen MR) is 142 cm³/mol. The third kappa shape index (κ3) is 3.59. The van der Waals surface area contributed by atoms with Gasteiger partial charge in [0.1, 0.15) is 11.7 Å².